The van der Waals surface area contributed by atoms with Crippen molar-refractivity contribution in [3.8, 4) is 17.1 Å². The van der Waals surface area contributed by atoms with Gasteiger partial charge < -0.3 is 9.73 Å². The number of carbonyl (C=O) groups excluding carboxylic acids is 1. The summed E-state index contributed by atoms with van der Waals surface area (Å²) in [6, 6.07) is 12.5. The van der Waals surface area contributed by atoms with Gasteiger partial charge in [0, 0.05) is 17.6 Å². The molecule has 1 amide bonds. The summed E-state index contributed by atoms with van der Waals surface area (Å²) in [5, 5.41) is 7.73. The molecule has 0 spiro atoms. The third-order valence-electron chi connectivity index (χ3n) is 3.19. The smallest absolute Gasteiger partial charge is 0.272 e. The molecule has 0 aliphatic heterocycles. The van der Waals surface area contributed by atoms with Gasteiger partial charge >= 0.3 is 0 Å². The van der Waals surface area contributed by atoms with Crippen LogP contribution < -0.4 is 5.32 Å². The van der Waals surface area contributed by atoms with Crippen LogP contribution in [0.4, 0.5) is 0 Å². The first kappa shape index (κ1) is 15.1. The molecule has 5 nitrogen and oxygen atoms in total. The van der Waals surface area contributed by atoms with E-state index in [9.17, 15) is 4.79 Å². The highest BCUT2D eigenvalue weighted by atomic mass is 35.5. The summed E-state index contributed by atoms with van der Waals surface area (Å²) in [6.45, 7) is 3.96. The molecule has 1 N–H and O–H groups in total. The molecule has 0 aliphatic carbocycles. The van der Waals surface area contributed by atoms with Gasteiger partial charge in [-0.1, -0.05) is 17.7 Å². The molecule has 0 unspecified atom stereocenters. The highest BCUT2D eigenvalue weighted by Crippen LogP contribution is 2.25. The van der Waals surface area contributed by atoms with Crippen LogP contribution in [0.15, 0.2) is 65.8 Å². The lowest BCUT2D eigenvalue weighted by Crippen LogP contribution is -2.23. The fourth-order valence-corrected chi connectivity index (χ4v) is 2.25. The van der Waals surface area contributed by atoms with E-state index in [0.717, 1.165) is 5.69 Å². The maximum absolute atomic E-state index is 12.1. The Morgan fingerprint density at radius 2 is 2.13 bits per heavy atom. The Morgan fingerprint density at radius 1 is 1.35 bits per heavy atom. The van der Waals surface area contributed by atoms with E-state index in [4.69, 9.17) is 16.0 Å². The maximum Gasteiger partial charge on any atom is 0.272 e. The predicted octanol–water partition coefficient (Wildman–Crippen LogP) is 3.70. The number of furan rings is 1. The lowest BCUT2D eigenvalue weighted by atomic mass is 10.2. The standard InChI is InChI=1S/C17H14ClN3O2/c1-2-9-19-17(22)14-11-15(16-4-3-10-23-16)21(20-14)13-7-5-12(18)6-8-13/h2-8,10-11H,1,9H2,(H,19,22). The fraction of sp³-hybridized carbons (Fsp3) is 0.0588. The van der Waals surface area contributed by atoms with E-state index in [1.54, 1.807) is 41.3 Å². The zero-order chi connectivity index (χ0) is 16.2. The first-order valence-corrected chi connectivity index (χ1v) is 7.36. The van der Waals surface area contributed by atoms with Crippen LogP contribution in [0, 0.1) is 0 Å². The largest absolute Gasteiger partial charge is 0.463 e. The second kappa shape index (κ2) is 6.54. The summed E-state index contributed by atoms with van der Waals surface area (Å²) in [6.07, 6.45) is 3.19. The lowest BCUT2D eigenvalue weighted by Gasteiger charge is -2.05. The summed E-state index contributed by atoms with van der Waals surface area (Å²) >= 11 is 5.93. The highest BCUT2D eigenvalue weighted by Gasteiger charge is 2.17. The Bertz CT molecular complexity index is 820. The van der Waals surface area contributed by atoms with Gasteiger partial charge in [0.15, 0.2) is 11.5 Å². The van der Waals surface area contributed by atoms with Crippen molar-refractivity contribution in [3.63, 3.8) is 0 Å². The number of carbonyl (C=O) groups is 1. The minimum Gasteiger partial charge on any atom is -0.463 e. The number of rotatable bonds is 5. The van der Waals surface area contributed by atoms with Gasteiger partial charge in [-0.15, -0.1) is 6.58 Å². The zero-order valence-electron chi connectivity index (χ0n) is 12.2. The Labute approximate surface area is 138 Å². The van der Waals surface area contributed by atoms with E-state index >= 15 is 0 Å². The first-order chi connectivity index (χ1) is 11.2. The Morgan fingerprint density at radius 3 is 2.78 bits per heavy atom. The van der Waals surface area contributed by atoms with Crippen molar-refractivity contribution in [1.29, 1.82) is 0 Å². The summed E-state index contributed by atoms with van der Waals surface area (Å²) in [5.41, 5.74) is 1.76. The van der Waals surface area contributed by atoms with Crippen molar-refractivity contribution in [3.05, 3.63) is 72.1 Å². The monoisotopic (exact) mass is 327 g/mol. The van der Waals surface area contributed by atoms with Gasteiger partial charge in [0.1, 0.15) is 5.69 Å². The summed E-state index contributed by atoms with van der Waals surface area (Å²) in [4.78, 5) is 12.1. The molecule has 2 aromatic heterocycles. The molecule has 0 aliphatic rings. The Balaban J connectivity index is 2.05. The van der Waals surface area contributed by atoms with E-state index in [0.29, 0.717) is 28.7 Å². The molecule has 6 heteroatoms. The third kappa shape index (κ3) is 3.19. The maximum atomic E-state index is 12.1. The highest BCUT2D eigenvalue weighted by molar-refractivity contribution is 6.30. The van der Waals surface area contributed by atoms with Crippen LogP contribution in [0.25, 0.3) is 17.1 Å². The number of hydrogen-bond donors (Lipinski definition) is 1. The number of aromatic nitrogens is 2. The van der Waals surface area contributed by atoms with Gasteiger partial charge in [-0.3, -0.25) is 4.79 Å². The second-order valence-electron chi connectivity index (χ2n) is 4.78. The molecule has 23 heavy (non-hydrogen) atoms. The SMILES string of the molecule is C=CCNC(=O)c1cc(-c2ccco2)n(-c2ccc(Cl)cc2)n1. The van der Waals surface area contributed by atoms with Gasteiger partial charge in [-0.25, -0.2) is 4.68 Å². The third-order valence-corrected chi connectivity index (χ3v) is 3.45. The van der Waals surface area contributed by atoms with Crippen LogP contribution in [0.2, 0.25) is 5.02 Å². The number of benzene rings is 1. The predicted molar refractivity (Wildman–Crippen MR) is 88.8 cm³/mol. The quantitative estimate of drug-likeness (QED) is 0.727. The molecule has 0 radical (unpaired) electrons. The van der Waals surface area contributed by atoms with E-state index < -0.39 is 0 Å². The van der Waals surface area contributed by atoms with Crippen molar-refractivity contribution in [2.45, 2.75) is 0 Å². The molecule has 2 heterocycles. The normalized spacial score (nSPS) is 10.5. The van der Waals surface area contributed by atoms with Crippen LogP contribution in [0.5, 0.6) is 0 Å². The molecule has 0 saturated carbocycles. The minimum atomic E-state index is -0.273. The Hall–Kier alpha value is -2.79. The molecule has 1 aromatic carbocycles. The van der Waals surface area contributed by atoms with E-state index in [2.05, 4.69) is 17.0 Å². The molecule has 0 fully saturated rings. The topological polar surface area (TPSA) is 60.1 Å². The lowest BCUT2D eigenvalue weighted by molar-refractivity contribution is 0.0952. The first-order valence-electron chi connectivity index (χ1n) is 6.98. The van der Waals surface area contributed by atoms with Crippen molar-refractivity contribution < 1.29 is 9.21 Å². The van der Waals surface area contributed by atoms with Crippen molar-refractivity contribution in [2.24, 2.45) is 0 Å². The van der Waals surface area contributed by atoms with E-state index in [1.807, 2.05) is 18.2 Å². The molecule has 0 bridgehead atoms. The molecular weight excluding hydrogens is 314 g/mol. The van der Waals surface area contributed by atoms with Gasteiger partial charge in [0.25, 0.3) is 5.91 Å². The van der Waals surface area contributed by atoms with Crippen molar-refractivity contribution in [2.75, 3.05) is 6.54 Å². The van der Waals surface area contributed by atoms with Crippen LogP contribution in [0.3, 0.4) is 0 Å². The molecule has 0 saturated heterocycles. The zero-order valence-corrected chi connectivity index (χ0v) is 13.0. The van der Waals surface area contributed by atoms with Gasteiger partial charge in [-0.2, -0.15) is 5.10 Å². The number of nitrogens with one attached hydrogen (secondary N) is 1. The fourth-order valence-electron chi connectivity index (χ4n) is 2.13. The van der Waals surface area contributed by atoms with Gasteiger partial charge in [0.05, 0.1) is 12.0 Å². The molecule has 0 atom stereocenters. The van der Waals surface area contributed by atoms with E-state index in [1.165, 1.54) is 0 Å². The van der Waals surface area contributed by atoms with Crippen molar-refractivity contribution >= 4 is 17.5 Å². The number of hydrogen-bond acceptors (Lipinski definition) is 3. The molecule has 116 valence electrons. The molecule has 3 rings (SSSR count). The summed E-state index contributed by atoms with van der Waals surface area (Å²) in [7, 11) is 0. The van der Waals surface area contributed by atoms with Gasteiger partial charge in [-0.05, 0) is 36.4 Å². The van der Waals surface area contributed by atoms with E-state index in [-0.39, 0.29) is 5.91 Å². The average Bonchev–Trinajstić information content (AvgIpc) is 3.22. The molecule has 3 aromatic rings. The van der Waals surface area contributed by atoms with Crippen LogP contribution >= 0.6 is 11.6 Å². The Kier molecular flexibility index (Phi) is 4.30. The van der Waals surface area contributed by atoms with Crippen molar-refractivity contribution in [1.82, 2.24) is 15.1 Å². The van der Waals surface area contributed by atoms with Crippen LogP contribution in [0.1, 0.15) is 10.5 Å². The van der Waals surface area contributed by atoms with Crippen LogP contribution in [-0.2, 0) is 0 Å². The number of halogens is 1. The van der Waals surface area contributed by atoms with Gasteiger partial charge in [0.2, 0.25) is 0 Å². The summed E-state index contributed by atoms with van der Waals surface area (Å²) < 4.78 is 7.10. The average molecular weight is 328 g/mol. The number of nitrogens with zero attached hydrogens (tertiary/aromatic N) is 2. The summed E-state index contributed by atoms with van der Waals surface area (Å²) in [5.74, 6) is 0.348. The van der Waals surface area contributed by atoms with Crippen LogP contribution in [-0.4, -0.2) is 22.2 Å². The minimum absolute atomic E-state index is 0.273. The number of amides is 1. The second-order valence-corrected chi connectivity index (χ2v) is 5.22. The molecular formula is C17H14ClN3O2.